The van der Waals surface area contributed by atoms with E-state index in [0.717, 1.165) is 24.2 Å². The zero-order valence-electron chi connectivity index (χ0n) is 21.5. The molecule has 2 aromatic carbocycles. The van der Waals surface area contributed by atoms with Gasteiger partial charge in [-0.3, -0.25) is 30.1 Å². The number of carbonyl (C=O) groups excluding carboxylic acids is 3. The molecule has 11 heteroatoms. The fourth-order valence-corrected chi connectivity index (χ4v) is 4.56. The number of non-ortho nitro benzene ring substituents is 1. The minimum Gasteiger partial charge on any atom is -0.465 e. The molecule has 4 rings (SSSR count). The summed E-state index contributed by atoms with van der Waals surface area (Å²) in [4.78, 5) is 56.5. The van der Waals surface area contributed by atoms with Crippen molar-refractivity contribution in [2.75, 3.05) is 7.11 Å². The summed E-state index contributed by atoms with van der Waals surface area (Å²) in [5, 5.41) is 13.4. The summed E-state index contributed by atoms with van der Waals surface area (Å²) in [5.74, 6) is -0.125. The van der Waals surface area contributed by atoms with Gasteiger partial charge in [-0.05, 0) is 36.6 Å². The molecule has 0 spiro atoms. The number of carbonyl (C=O) groups is 3. The maximum Gasteiger partial charge on any atom is 0.337 e. The number of hydrogen-bond acceptors (Lipinski definition) is 8. The Kier molecular flexibility index (Phi) is 7.85. The molecule has 1 atom stereocenters. The molecule has 11 nitrogen and oxygen atoms in total. The summed E-state index contributed by atoms with van der Waals surface area (Å²) >= 11 is 0. The van der Waals surface area contributed by atoms with Crippen LogP contribution in [0.3, 0.4) is 0 Å². The van der Waals surface area contributed by atoms with E-state index >= 15 is 0 Å². The van der Waals surface area contributed by atoms with Gasteiger partial charge in [-0.15, -0.1) is 0 Å². The van der Waals surface area contributed by atoms with Gasteiger partial charge in [0.15, 0.2) is 0 Å². The molecule has 1 saturated heterocycles. The number of amidine groups is 1. The number of nitrogens with zero attached hydrogens (tertiary/aromatic N) is 4. The van der Waals surface area contributed by atoms with Gasteiger partial charge in [0, 0.05) is 25.1 Å². The highest BCUT2D eigenvalue weighted by molar-refractivity contribution is 6.12. The molecule has 0 saturated carbocycles. The van der Waals surface area contributed by atoms with E-state index in [1.165, 1.54) is 24.1 Å². The van der Waals surface area contributed by atoms with Crippen LogP contribution in [-0.4, -0.2) is 51.6 Å². The lowest BCUT2D eigenvalue weighted by Gasteiger charge is -2.27. The molecule has 38 heavy (non-hydrogen) atoms. The average Bonchev–Trinajstić information content (AvgIpc) is 3.35. The molecule has 2 aliphatic heterocycles. The Morgan fingerprint density at radius 3 is 2.24 bits per heavy atom. The summed E-state index contributed by atoms with van der Waals surface area (Å²) in [6.07, 6.45) is 2.57. The lowest BCUT2D eigenvalue weighted by molar-refractivity contribution is -0.384. The van der Waals surface area contributed by atoms with Crippen molar-refractivity contribution in [1.29, 1.82) is 0 Å². The number of rotatable bonds is 9. The maximum atomic E-state index is 13.1. The van der Waals surface area contributed by atoms with Gasteiger partial charge in [-0.1, -0.05) is 37.6 Å². The number of nitrogens with one attached hydrogen (secondary N) is 1. The molecule has 0 bridgehead atoms. The Morgan fingerprint density at radius 1 is 1.05 bits per heavy atom. The van der Waals surface area contributed by atoms with Gasteiger partial charge in [0.25, 0.3) is 11.6 Å². The van der Waals surface area contributed by atoms with Crippen LogP contribution < -0.4 is 5.32 Å². The topological polar surface area (TPSA) is 134 Å². The van der Waals surface area contributed by atoms with Gasteiger partial charge >= 0.3 is 12.0 Å². The number of amides is 3. The first-order chi connectivity index (χ1) is 18.2. The van der Waals surface area contributed by atoms with E-state index in [1.807, 2.05) is 24.0 Å². The number of nitro groups is 1. The van der Waals surface area contributed by atoms with E-state index in [0.29, 0.717) is 29.8 Å². The number of benzene rings is 2. The molecule has 1 unspecified atom stereocenters. The normalized spacial score (nSPS) is 19.0. The lowest BCUT2D eigenvalue weighted by Crippen LogP contribution is -2.33. The molecule has 2 aliphatic rings. The van der Waals surface area contributed by atoms with Crippen molar-refractivity contribution in [2.24, 2.45) is 4.99 Å². The molecule has 0 radical (unpaired) electrons. The number of nitro benzene ring substituents is 1. The zero-order chi connectivity index (χ0) is 27.4. The third-order valence-corrected chi connectivity index (χ3v) is 6.49. The van der Waals surface area contributed by atoms with E-state index in [1.54, 1.807) is 24.3 Å². The Balaban J connectivity index is 1.70. The van der Waals surface area contributed by atoms with Crippen LogP contribution in [0.4, 0.5) is 10.5 Å². The predicted molar refractivity (Wildman–Crippen MR) is 139 cm³/mol. The van der Waals surface area contributed by atoms with E-state index in [2.05, 4.69) is 12.2 Å². The van der Waals surface area contributed by atoms with Gasteiger partial charge in [0.2, 0.25) is 0 Å². The first-order valence-corrected chi connectivity index (χ1v) is 12.3. The molecule has 2 aromatic rings. The number of unbranched alkanes of at least 4 members (excludes halogenated alkanes) is 1. The van der Waals surface area contributed by atoms with E-state index in [9.17, 15) is 24.5 Å². The second-order valence-electron chi connectivity index (χ2n) is 9.10. The molecule has 3 amide bonds. The van der Waals surface area contributed by atoms with Crippen LogP contribution in [0.1, 0.15) is 54.6 Å². The standard InChI is InChI=1S/C27H29N5O6/c1-4-5-6-22-28-17(2)23(30(22)15-18-7-11-20(12-8-18)26(34)38-3)24-25(33)29-27(35)31(24)16-19-9-13-21(14-10-19)32(36)37/h7-14,17H,4-6,15-16H2,1-3H3,(H,29,33,35). The average molecular weight is 520 g/mol. The zero-order valence-corrected chi connectivity index (χ0v) is 21.5. The highest BCUT2D eigenvalue weighted by atomic mass is 16.6. The van der Waals surface area contributed by atoms with Crippen molar-refractivity contribution >= 4 is 29.4 Å². The third-order valence-electron chi connectivity index (χ3n) is 6.49. The Labute approximate surface area is 219 Å². The van der Waals surface area contributed by atoms with Crippen LogP contribution in [0.25, 0.3) is 0 Å². The molecule has 1 fully saturated rings. The highest BCUT2D eigenvalue weighted by Gasteiger charge is 2.41. The number of imide groups is 1. The van der Waals surface area contributed by atoms with E-state index < -0.39 is 22.8 Å². The van der Waals surface area contributed by atoms with Crippen molar-refractivity contribution in [1.82, 2.24) is 15.1 Å². The predicted octanol–water partition coefficient (Wildman–Crippen LogP) is 4.14. The number of methoxy groups -OCH3 is 1. The second-order valence-corrected chi connectivity index (χ2v) is 9.10. The quantitative estimate of drug-likeness (QED) is 0.173. The van der Waals surface area contributed by atoms with Crippen LogP contribution in [-0.2, 0) is 22.6 Å². The summed E-state index contributed by atoms with van der Waals surface area (Å²) in [7, 11) is 1.33. The SMILES string of the molecule is CCCCC1=NC(C)C(=C2C(=O)NC(=O)N2Cc2ccc([N+](=O)[O-])cc2)N1Cc1ccc(C(=O)OC)cc1. The van der Waals surface area contributed by atoms with Crippen molar-refractivity contribution in [3.8, 4) is 0 Å². The van der Waals surface area contributed by atoms with Crippen LogP contribution in [0.2, 0.25) is 0 Å². The van der Waals surface area contributed by atoms with Gasteiger partial charge in [0.1, 0.15) is 11.5 Å². The van der Waals surface area contributed by atoms with Crippen LogP contribution in [0, 0.1) is 10.1 Å². The van der Waals surface area contributed by atoms with Crippen LogP contribution in [0.5, 0.6) is 0 Å². The smallest absolute Gasteiger partial charge is 0.337 e. The monoisotopic (exact) mass is 519 g/mol. The summed E-state index contributed by atoms with van der Waals surface area (Å²) in [5.41, 5.74) is 2.72. The molecule has 1 N–H and O–H groups in total. The number of esters is 1. The summed E-state index contributed by atoms with van der Waals surface area (Å²) in [6, 6.07) is 11.9. The third kappa shape index (κ3) is 5.41. The first kappa shape index (κ1) is 26.5. The van der Waals surface area contributed by atoms with Crippen molar-refractivity contribution in [3.63, 3.8) is 0 Å². The minimum absolute atomic E-state index is 0.0583. The van der Waals surface area contributed by atoms with Crippen molar-refractivity contribution in [2.45, 2.75) is 52.2 Å². The number of hydrogen-bond donors (Lipinski definition) is 1. The number of urea groups is 1. The van der Waals surface area contributed by atoms with Crippen molar-refractivity contribution in [3.05, 3.63) is 86.7 Å². The fourth-order valence-electron chi connectivity index (χ4n) is 4.56. The highest BCUT2D eigenvalue weighted by Crippen LogP contribution is 2.33. The largest absolute Gasteiger partial charge is 0.465 e. The minimum atomic E-state index is -0.563. The summed E-state index contributed by atoms with van der Waals surface area (Å²) < 4.78 is 4.78. The Bertz CT molecular complexity index is 1320. The molecular weight excluding hydrogens is 490 g/mol. The maximum absolute atomic E-state index is 13.1. The van der Waals surface area contributed by atoms with Crippen LogP contribution >= 0.6 is 0 Å². The second kappa shape index (κ2) is 11.2. The van der Waals surface area contributed by atoms with Gasteiger partial charge < -0.3 is 9.64 Å². The summed E-state index contributed by atoms with van der Waals surface area (Å²) in [6.45, 7) is 4.42. The van der Waals surface area contributed by atoms with Crippen molar-refractivity contribution < 1.29 is 24.0 Å². The van der Waals surface area contributed by atoms with E-state index in [4.69, 9.17) is 9.73 Å². The Hall–Kier alpha value is -4.54. The van der Waals surface area contributed by atoms with Gasteiger partial charge in [0.05, 0.1) is 35.9 Å². The first-order valence-electron chi connectivity index (χ1n) is 12.3. The van der Waals surface area contributed by atoms with E-state index in [-0.39, 0.29) is 24.0 Å². The van der Waals surface area contributed by atoms with Crippen LogP contribution in [0.15, 0.2) is 64.9 Å². The number of aliphatic imine (C=N–C) groups is 1. The Morgan fingerprint density at radius 2 is 1.66 bits per heavy atom. The molecule has 2 heterocycles. The number of ether oxygens (including phenoxy) is 1. The molecular formula is C27H29N5O6. The molecule has 0 aliphatic carbocycles. The molecule has 198 valence electrons. The van der Waals surface area contributed by atoms with Gasteiger partial charge in [-0.2, -0.15) is 0 Å². The lowest BCUT2D eigenvalue weighted by atomic mass is 10.1. The van der Waals surface area contributed by atoms with Gasteiger partial charge in [-0.25, -0.2) is 9.59 Å². The molecule has 0 aromatic heterocycles. The fraction of sp³-hybridized carbons (Fsp3) is 0.333.